The van der Waals surface area contributed by atoms with Crippen molar-refractivity contribution in [1.82, 2.24) is 10.3 Å². The number of hydrogen-bond donors (Lipinski definition) is 1. The number of carbonyl (C=O) groups excluding carboxylic acids is 2. The number of aromatic nitrogens is 1. The number of carbonyl (C=O) groups is 2. The Morgan fingerprint density at radius 2 is 1.80 bits per heavy atom. The van der Waals surface area contributed by atoms with Crippen molar-refractivity contribution >= 4 is 22.8 Å². The molecule has 0 saturated heterocycles. The number of alkyl halides is 3. The van der Waals surface area contributed by atoms with Gasteiger partial charge >= 0.3 is 6.18 Å². The van der Waals surface area contributed by atoms with Crippen LogP contribution in [0.25, 0.3) is 33.6 Å². The molecular weight excluding hydrogens is 571 g/mol. The number of hydrogen-bond acceptors (Lipinski definition) is 6. The van der Waals surface area contributed by atoms with Gasteiger partial charge in [0.15, 0.2) is 5.78 Å². The first-order valence-electron chi connectivity index (χ1n) is 14.3. The number of pyridine rings is 1. The number of ketones is 1. The predicted molar refractivity (Wildman–Crippen MR) is 159 cm³/mol. The minimum Gasteiger partial charge on any atom is -0.496 e. The van der Waals surface area contributed by atoms with Crippen LogP contribution >= 0.6 is 0 Å². The van der Waals surface area contributed by atoms with Crippen molar-refractivity contribution in [3.05, 3.63) is 70.9 Å². The molecule has 44 heavy (non-hydrogen) atoms. The summed E-state index contributed by atoms with van der Waals surface area (Å²) in [6, 6.07) is 16.0. The lowest BCUT2D eigenvalue weighted by atomic mass is 9.80. The molecule has 0 radical (unpaired) electrons. The summed E-state index contributed by atoms with van der Waals surface area (Å²) >= 11 is 0. The maximum atomic E-state index is 13.6. The van der Waals surface area contributed by atoms with Crippen molar-refractivity contribution < 1.29 is 31.9 Å². The number of amides is 1. The Bertz CT molecular complexity index is 1780. The highest BCUT2D eigenvalue weighted by molar-refractivity contribution is 6.11. The van der Waals surface area contributed by atoms with Crippen LogP contribution in [0.4, 0.5) is 13.2 Å². The molecule has 1 fully saturated rings. The topological polar surface area (TPSA) is 105 Å². The summed E-state index contributed by atoms with van der Waals surface area (Å²) < 4.78 is 51.7. The number of halogens is 3. The molecular formula is C34H32F3N3O4. The molecule has 2 heterocycles. The number of furan rings is 1. The first kappa shape index (κ1) is 30.8. The number of nitrogens with one attached hydrogen (secondary N) is 1. The van der Waals surface area contributed by atoms with Crippen molar-refractivity contribution in [2.45, 2.75) is 52.1 Å². The van der Waals surface area contributed by atoms with Gasteiger partial charge in [0, 0.05) is 31.0 Å². The second-order valence-electron chi connectivity index (χ2n) is 11.5. The number of nitriles is 1. The van der Waals surface area contributed by atoms with Gasteiger partial charge in [0.05, 0.1) is 40.8 Å². The molecule has 1 amide bonds. The van der Waals surface area contributed by atoms with Gasteiger partial charge in [-0.05, 0) is 62.8 Å². The molecule has 1 aliphatic carbocycles. The molecule has 0 aliphatic heterocycles. The second-order valence-corrected chi connectivity index (χ2v) is 11.5. The zero-order chi connectivity index (χ0) is 31.8. The second kappa shape index (κ2) is 11.8. The number of ether oxygens (including phenoxy) is 1. The van der Waals surface area contributed by atoms with Gasteiger partial charge in [-0.2, -0.15) is 18.4 Å². The van der Waals surface area contributed by atoms with Gasteiger partial charge in [-0.1, -0.05) is 35.9 Å². The van der Waals surface area contributed by atoms with Gasteiger partial charge in [-0.15, -0.1) is 0 Å². The van der Waals surface area contributed by atoms with Crippen LogP contribution in [0.5, 0.6) is 5.75 Å². The van der Waals surface area contributed by atoms with E-state index in [9.17, 15) is 28.0 Å². The molecule has 228 valence electrons. The van der Waals surface area contributed by atoms with Gasteiger partial charge < -0.3 is 14.5 Å². The van der Waals surface area contributed by atoms with E-state index in [1.165, 1.54) is 14.2 Å². The Morgan fingerprint density at radius 3 is 2.39 bits per heavy atom. The van der Waals surface area contributed by atoms with Gasteiger partial charge in [0.25, 0.3) is 5.91 Å². The molecule has 1 aliphatic rings. The molecule has 2 aromatic carbocycles. The van der Waals surface area contributed by atoms with Crippen molar-refractivity contribution in [2.75, 3.05) is 14.2 Å². The van der Waals surface area contributed by atoms with Crippen LogP contribution in [-0.4, -0.2) is 37.0 Å². The summed E-state index contributed by atoms with van der Waals surface area (Å²) in [7, 11) is 2.90. The lowest BCUT2D eigenvalue weighted by Crippen LogP contribution is -2.22. The largest absolute Gasteiger partial charge is 0.496 e. The summed E-state index contributed by atoms with van der Waals surface area (Å²) in [5.74, 6) is -0.0831. The Labute approximate surface area is 253 Å². The number of fused-ring (bicyclic) bond motifs is 1. The highest BCUT2D eigenvalue weighted by Gasteiger charge is 2.43. The van der Waals surface area contributed by atoms with Gasteiger partial charge in [-0.3, -0.25) is 9.59 Å². The standard InChI is InChI=1S/C34H32F3N3O4/c1-19-5-7-20(8-6-19)30-29(31(42)39-3)25-16-23(26(40-32(25)44-30)13-14-34(35,36)37)21-9-12-28(43-4)24(15-21)27(41)17-33(2,18-38)22-10-11-22/h5-9,12,15-16,22H,10-11,13-14,17H2,1-4H3,(H,39,42). The molecule has 2 aromatic heterocycles. The zero-order valence-corrected chi connectivity index (χ0v) is 24.9. The molecule has 5 rings (SSSR count). The lowest BCUT2D eigenvalue weighted by Gasteiger charge is -2.21. The number of rotatable bonds is 10. The third-order valence-electron chi connectivity index (χ3n) is 8.25. The highest BCUT2D eigenvalue weighted by Crippen LogP contribution is 2.48. The van der Waals surface area contributed by atoms with E-state index in [2.05, 4.69) is 16.4 Å². The third-order valence-corrected chi connectivity index (χ3v) is 8.25. The van der Waals surface area contributed by atoms with Crippen LogP contribution in [0, 0.1) is 29.6 Å². The Kier molecular flexibility index (Phi) is 8.25. The fourth-order valence-electron chi connectivity index (χ4n) is 5.54. The molecule has 1 N–H and O–H groups in total. The smallest absolute Gasteiger partial charge is 0.389 e. The molecule has 1 saturated carbocycles. The molecule has 1 unspecified atom stereocenters. The molecule has 10 heteroatoms. The fourth-order valence-corrected chi connectivity index (χ4v) is 5.54. The van der Waals surface area contributed by atoms with Crippen molar-refractivity contribution in [3.63, 3.8) is 0 Å². The van der Waals surface area contributed by atoms with Crippen LogP contribution in [-0.2, 0) is 6.42 Å². The number of nitrogens with zero attached hydrogens (tertiary/aromatic N) is 2. The quantitative estimate of drug-likeness (QED) is 0.185. The highest BCUT2D eigenvalue weighted by atomic mass is 19.4. The van der Waals surface area contributed by atoms with Gasteiger partial charge in [0.1, 0.15) is 11.5 Å². The van der Waals surface area contributed by atoms with Gasteiger partial charge in [0.2, 0.25) is 5.71 Å². The van der Waals surface area contributed by atoms with Crippen LogP contribution in [0.2, 0.25) is 0 Å². The monoisotopic (exact) mass is 603 g/mol. The fraction of sp³-hybridized carbons (Fsp3) is 0.353. The van der Waals surface area contributed by atoms with Crippen LogP contribution in [0.15, 0.2) is 52.9 Å². The molecule has 4 aromatic rings. The third kappa shape index (κ3) is 6.18. The number of aryl methyl sites for hydroxylation is 2. The first-order valence-corrected chi connectivity index (χ1v) is 14.3. The van der Waals surface area contributed by atoms with Crippen LogP contribution in [0.3, 0.4) is 0 Å². The predicted octanol–water partition coefficient (Wildman–Crippen LogP) is 7.85. The molecule has 1 atom stereocenters. The zero-order valence-electron chi connectivity index (χ0n) is 24.9. The lowest BCUT2D eigenvalue weighted by molar-refractivity contribution is -0.134. The SMILES string of the molecule is CNC(=O)c1c(-c2ccc(C)cc2)oc2nc(CCC(F)(F)F)c(-c3ccc(OC)c(C(=O)CC(C)(C#N)C4CC4)c3)cc12. The average molecular weight is 604 g/mol. The van der Waals surface area contributed by atoms with E-state index in [-0.39, 0.29) is 52.2 Å². The average Bonchev–Trinajstić information content (AvgIpc) is 3.80. The van der Waals surface area contributed by atoms with Crippen LogP contribution < -0.4 is 10.1 Å². The molecule has 0 spiro atoms. The minimum atomic E-state index is -4.44. The summed E-state index contributed by atoms with van der Waals surface area (Å²) in [6.45, 7) is 3.69. The number of benzene rings is 2. The number of Topliss-reactive ketones (excluding diaryl/α,β-unsaturated/α-hetero) is 1. The van der Waals surface area contributed by atoms with Crippen molar-refractivity contribution in [3.8, 4) is 34.3 Å². The minimum absolute atomic E-state index is 0.0192. The van der Waals surface area contributed by atoms with E-state index in [0.29, 0.717) is 22.1 Å². The van der Waals surface area contributed by atoms with Crippen molar-refractivity contribution in [1.29, 1.82) is 5.26 Å². The molecule has 7 nitrogen and oxygen atoms in total. The molecule has 0 bridgehead atoms. The summed E-state index contributed by atoms with van der Waals surface area (Å²) in [6.07, 6.45) is -4.28. The normalized spacial score (nSPS) is 14.6. The Morgan fingerprint density at radius 1 is 1.11 bits per heavy atom. The van der Waals surface area contributed by atoms with E-state index in [1.807, 2.05) is 19.1 Å². The summed E-state index contributed by atoms with van der Waals surface area (Å²) in [4.78, 5) is 31.2. The summed E-state index contributed by atoms with van der Waals surface area (Å²) in [5.41, 5.74) is 2.07. The van der Waals surface area contributed by atoms with E-state index in [0.717, 1.165) is 18.4 Å². The maximum absolute atomic E-state index is 13.6. The van der Waals surface area contributed by atoms with E-state index in [4.69, 9.17) is 9.15 Å². The summed E-state index contributed by atoms with van der Waals surface area (Å²) in [5, 5.41) is 12.8. The van der Waals surface area contributed by atoms with E-state index in [1.54, 1.807) is 43.3 Å². The Hall–Kier alpha value is -4.65. The Balaban J connectivity index is 1.69. The van der Waals surface area contributed by atoms with E-state index >= 15 is 0 Å². The van der Waals surface area contributed by atoms with Crippen LogP contribution in [0.1, 0.15) is 64.6 Å². The van der Waals surface area contributed by atoms with Crippen molar-refractivity contribution in [2.24, 2.45) is 11.3 Å². The van der Waals surface area contributed by atoms with E-state index < -0.39 is 30.3 Å². The van der Waals surface area contributed by atoms with Gasteiger partial charge in [-0.25, -0.2) is 4.98 Å². The number of methoxy groups -OCH3 is 1. The first-order chi connectivity index (χ1) is 20.9. The maximum Gasteiger partial charge on any atom is 0.389 e.